The standard InChI is InChI=1S/C22H30N2OSi/c1-22(2,3)26(4,5)25-16-14-23-19-11-12-21-18(17-19)13-15-24(21)20-9-7-6-8-10-20/h6-13,15,17,23H,14,16H2,1-5H3. The SMILES string of the molecule is CC(C)(C)[Si](C)(C)OCCNc1ccc2c(ccn2-c2ccccc2)c1. The van der Waals surface area contributed by atoms with E-state index in [4.69, 9.17) is 4.43 Å². The monoisotopic (exact) mass is 366 g/mol. The Morgan fingerprint density at radius 3 is 2.42 bits per heavy atom. The van der Waals surface area contributed by atoms with Crippen molar-refractivity contribution in [2.45, 2.75) is 38.9 Å². The topological polar surface area (TPSA) is 26.2 Å². The molecular weight excluding hydrogens is 336 g/mol. The molecule has 0 bridgehead atoms. The zero-order valence-electron chi connectivity index (χ0n) is 16.5. The summed E-state index contributed by atoms with van der Waals surface area (Å²) in [5.41, 5.74) is 3.55. The van der Waals surface area contributed by atoms with Gasteiger partial charge in [0.05, 0.1) is 12.1 Å². The molecule has 0 fully saturated rings. The van der Waals surface area contributed by atoms with Crippen molar-refractivity contribution in [2.75, 3.05) is 18.5 Å². The lowest BCUT2D eigenvalue weighted by Gasteiger charge is -2.36. The van der Waals surface area contributed by atoms with Crippen LogP contribution in [-0.2, 0) is 4.43 Å². The maximum absolute atomic E-state index is 6.24. The molecule has 1 N–H and O–H groups in total. The maximum atomic E-state index is 6.24. The summed E-state index contributed by atoms with van der Waals surface area (Å²) in [5.74, 6) is 0. The van der Waals surface area contributed by atoms with Gasteiger partial charge in [-0.3, -0.25) is 0 Å². The van der Waals surface area contributed by atoms with Crippen LogP contribution in [0, 0.1) is 0 Å². The van der Waals surface area contributed by atoms with Gasteiger partial charge in [-0.15, -0.1) is 0 Å². The number of nitrogens with one attached hydrogen (secondary N) is 1. The van der Waals surface area contributed by atoms with E-state index in [1.54, 1.807) is 0 Å². The van der Waals surface area contributed by atoms with Crippen LogP contribution in [0.5, 0.6) is 0 Å². The molecule has 0 spiro atoms. The average molecular weight is 367 g/mol. The van der Waals surface area contributed by atoms with Gasteiger partial charge in [-0.1, -0.05) is 39.0 Å². The van der Waals surface area contributed by atoms with E-state index in [2.05, 4.69) is 98.5 Å². The lowest BCUT2D eigenvalue weighted by molar-refractivity contribution is 0.301. The van der Waals surface area contributed by atoms with Crippen LogP contribution in [0.2, 0.25) is 18.1 Å². The minimum absolute atomic E-state index is 0.256. The van der Waals surface area contributed by atoms with Gasteiger partial charge in [0.25, 0.3) is 0 Å². The van der Waals surface area contributed by atoms with Gasteiger partial charge in [0.1, 0.15) is 0 Å². The fraction of sp³-hybridized carbons (Fsp3) is 0.364. The summed E-state index contributed by atoms with van der Waals surface area (Å²) in [6.07, 6.45) is 2.13. The van der Waals surface area contributed by atoms with Crippen LogP contribution in [0.25, 0.3) is 16.6 Å². The van der Waals surface area contributed by atoms with Gasteiger partial charge in [-0.2, -0.15) is 0 Å². The Kier molecular flexibility index (Phi) is 5.26. The van der Waals surface area contributed by atoms with E-state index in [0.29, 0.717) is 0 Å². The van der Waals surface area contributed by atoms with Gasteiger partial charge in [-0.25, -0.2) is 0 Å². The van der Waals surface area contributed by atoms with Crippen LogP contribution in [0.3, 0.4) is 0 Å². The van der Waals surface area contributed by atoms with Crippen molar-refractivity contribution in [2.24, 2.45) is 0 Å². The molecule has 0 aliphatic rings. The first-order valence-electron chi connectivity index (χ1n) is 9.32. The highest BCUT2D eigenvalue weighted by Gasteiger charge is 2.36. The highest BCUT2D eigenvalue weighted by molar-refractivity contribution is 6.74. The Balaban J connectivity index is 1.64. The van der Waals surface area contributed by atoms with Crippen molar-refractivity contribution in [3.05, 3.63) is 60.8 Å². The van der Waals surface area contributed by atoms with Crippen molar-refractivity contribution in [3.63, 3.8) is 0 Å². The van der Waals surface area contributed by atoms with E-state index in [9.17, 15) is 0 Å². The molecule has 0 saturated heterocycles. The van der Waals surface area contributed by atoms with Gasteiger partial charge >= 0.3 is 0 Å². The summed E-state index contributed by atoms with van der Waals surface area (Å²) in [6.45, 7) is 13.0. The number of benzene rings is 2. The molecule has 3 aromatic rings. The number of hydrogen-bond acceptors (Lipinski definition) is 2. The Bertz CT molecular complexity index is 863. The van der Waals surface area contributed by atoms with E-state index in [1.807, 2.05) is 6.07 Å². The predicted molar refractivity (Wildman–Crippen MR) is 115 cm³/mol. The molecule has 1 aromatic heterocycles. The predicted octanol–water partition coefficient (Wildman–Crippen LogP) is 6.06. The molecule has 138 valence electrons. The van der Waals surface area contributed by atoms with Crippen molar-refractivity contribution in [3.8, 4) is 5.69 Å². The lowest BCUT2D eigenvalue weighted by atomic mass is 10.2. The number of fused-ring (bicyclic) bond motifs is 1. The van der Waals surface area contributed by atoms with Crippen molar-refractivity contribution >= 4 is 24.9 Å². The largest absolute Gasteiger partial charge is 0.415 e. The third-order valence-corrected chi connectivity index (χ3v) is 9.96. The summed E-state index contributed by atoms with van der Waals surface area (Å²) in [5, 5.41) is 4.99. The second kappa shape index (κ2) is 7.29. The second-order valence-electron chi connectivity index (χ2n) is 8.33. The zero-order valence-corrected chi connectivity index (χ0v) is 17.5. The highest BCUT2D eigenvalue weighted by atomic mass is 28.4. The molecule has 3 nitrogen and oxygen atoms in total. The Hall–Kier alpha value is -2.04. The number of para-hydroxylation sites is 1. The summed E-state index contributed by atoms with van der Waals surface area (Å²) in [7, 11) is -1.66. The summed E-state index contributed by atoms with van der Waals surface area (Å²) >= 11 is 0. The molecule has 0 amide bonds. The number of hydrogen-bond donors (Lipinski definition) is 1. The first kappa shape index (κ1) is 18.7. The molecular formula is C22H30N2OSi. The van der Waals surface area contributed by atoms with E-state index < -0.39 is 8.32 Å². The maximum Gasteiger partial charge on any atom is 0.192 e. The van der Waals surface area contributed by atoms with Gasteiger partial charge in [0.2, 0.25) is 0 Å². The average Bonchev–Trinajstić information content (AvgIpc) is 3.02. The van der Waals surface area contributed by atoms with Crippen LogP contribution in [0.15, 0.2) is 60.8 Å². The van der Waals surface area contributed by atoms with Crippen LogP contribution in [0.1, 0.15) is 20.8 Å². The molecule has 0 radical (unpaired) electrons. The Labute approximate surface area is 158 Å². The first-order valence-corrected chi connectivity index (χ1v) is 12.2. The minimum Gasteiger partial charge on any atom is -0.415 e. The van der Waals surface area contributed by atoms with Gasteiger partial charge in [0, 0.05) is 29.5 Å². The lowest BCUT2D eigenvalue weighted by Crippen LogP contribution is -2.41. The molecule has 0 saturated carbocycles. The molecule has 0 unspecified atom stereocenters. The summed E-state index contributed by atoms with van der Waals surface area (Å²) in [6, 6.07) is 19.1. The number of rotatable bonds is 6. The van der Waals surface area contributed by atoms with Crippen molar-refractivity contribution in [1.82, 2.24) is 4.57 Å². The number of anilines is 1. The van der Waals surface area contributed by atoms with Crippen LogP contribution in [0.4, 0.5) is 5.69 Å². The fourth-order valence-electron chi connectivity index (χ4n) is 2.78. The highest BCUT2D eigenvalue weighted by Crippen LogP contribution is 2.36. The molecule has 4 heteroatoms. The first-order chi connectivity index (χ1) is 12.3. The van der Waals surface area contributed by atoms with Gasteiger partial charge in [0.15, 0.2) is 8.32 Å². The van der Waals surface area contributed by atoms with E-state index >= 15 is 0 Å². The molecule has 26 heavy (non-hydrogen) atoms. The third kappa shape index (κ3) is 4.02. The Morgan fingerprint density at radius 2 is 1.73 bits per heavy atom. The van der Waals surface area contributed by atoms with Gasteiger partial charge < -0.3 is 14.3 Å². The molecule has 0 atom stereocenters. The summed E-state index contributed by atoms with van der Waals surface area (Å²) < 4.78 is 8.46. The van der Waals surface area contributed by atoms with Crippen molar-refractivity contribution in [1.29, 1.82) is 0 Å². The van der Waals surface area contributed by atoms with E-state index in [-0.39, 0.29) is 5.04 Å². The molecule has 0 aliphatic heterocycles. The minimum atomic E-state index is -1.66. The quantitative estimate of drug-likeness (QED) is 0.423. The normalized spacial score (nSPS) is 12.5. The molecule has 3 rings (SSSR count). The summed E-state index contributed by atoms with van der Waals surface area (Å²) in [4.78, 5) is 0. The van der Waals surface area contributed by atoms with Crippen LogP contribution in [-0.4, -0.2) is 26.0 Å². The van der Waals surface area contributed by atoms with Crippen LogP contribution >= 0.6 is 0 Å². The van der Waals surface area contributed by atoms with E-state index in [0.717, 1.165) is 18.8 Å². The second-order valence-corrected chi connectivity index (χ2v) is 13.1. The fourth-order valence-corrected chi connectivity index (χ4v) is 3.83. The number of nitrogens with zero attached hydrogens (tertiary/aromatic N) is 1. The zero-order chi connectivity index (χ0) is 18.8. The smallest absolute Gasteiger partial charge is 0.192 e. The third-order valence-electron chi connectivity index (χ3n) is 5.42. The molecule has 0 aliphatic carbocycles. The Morgan fingerprint density at radius 1 is 1.00 bits per heavy atom. The molecule has 2 aromatic carbocycles. The van der Waals surface area contributed by atoms with E-state index in [1.165, 1.54) is 16.6 Å². The van der Waals surface area contributed by atoms with Crippen LogP contribution < -0.4 is 5.32 Å². The number of aromatic nitrogens is 1. The molecule has 1 heterocycles. The van der Waals surface area contributed by atoms with Gasteiger partial charge in [-0.05, 0) is 54.5 Å². The van der Waals surface area contributed by atoms with Crippen molar-refractivity contribution < 1.29 is 4.43 Å².